The molecule has 0 saturated carbocycles. The predicted molar refractivity (Wildman–Crippen MR) is 591 cm³/mol. The molecular weight excluding hydrogens is 1800 g/mol. The molecule has 0 radical (unpaired) electrons. The van der Waals surface area contributed by atoms with E-state index in [1.165, 1.54) is 266 Å². The molecule has 0 unspecified atom stereocenters. The number of sulfonamides is 1. The zero-order valence-electron chi connectivity index (χ0n) is 95.9. The molecule has 2 spiro atoms. The number of rotatable bonds is 17. The fourth-order valence-electron chi connectivity index (χ4n) is 28.0. The zero-order chi connectivity index (χ0) is 103. The molecule has 18 rings (SSSR count). The van der Waals surface area contributed by atoms with Crippen LogP contribution >= 0.6 is 0 Å². The molecule has 2 aromatic carbocycles. The molecule has 6 atom stereocenters. The summed E-state index contributed by atoms with van der Waals surface area (Å²) in [5, 5.41) is 0. The fraction of sp³-hybridized carbons (Fsp3) is 0.873. The number of hydrogen-bond acceptors (Lipinski definition) is 19. The number of carbonyl (C=O) groups is 3. The van der Waals surface area contributed by atoms with Gasteiger partial charge in [0.1, 0.15) is 6.61 Å². The van der Waals surface area contributed by atoms with E-state index in [0.29, 0.717) is 86.9 Å². The molecule has 16 saturated heterocycles. The molecule has 16 heterocycles. The number of urea groups is 1. The number of amides is 4. The molecule has 0 N–H and O–H groups in total. The van der Waals surface area contributed by atoms with Gasteiger partial charge >= 0.3 is 12.1 Å². The van der Waals surface area contributed by atoms with Crippen LogP contribution in [0.2, 0.25) is 0 Å². The average Bonchev–Trinajstić information content (AvgIpc) is 1.65. The first-order valence-electron chi connectivity index (χ1n) is 57.8. The molecule has 0 bridgehead atoms. The van der Waals surface area contributed by atoms with Crippen LogP contribution < -0.4 is 0 Å². The van der Waals surface area contributed by atoms with Gasteiger partial charge in [-0.2, -0.15) is 0 Å². The minimum absolute atomic E-state index is 0.159. The first kappa shape index (κ1) is 116. The smallest absolute Gasteiger partial charge is 0.410 e. The molecule has 16 fully saturated rings. The highest BCUT2D eigenvalue weighted by atomic mass is 32.2. The Hall–Kier alpha value is -4.16. The molecule has 816 valence electrons. The van der Waals surface area contributed by atoms with E-state index in [9.17, 15) is 22.8 Å². The van der Waals surface area contributed by atoms with Crippen LogP contribution in [0, 0.1) is 81.8 Å². The van der Waals surface area contributed by atoms with Crippen LogP contribution in [-0.4, -0.2) is 426 Å². The topological polar surface area (TPSA) is 159 Å². The second kappa shape index (κ2) is 50.2. The van der Waals surface area contributed by atoms with Crippen molar-refractivity contribution in [1.29, 1.82) is 0 Å². The molecule has 2 aromatic rings. The lowest BCUT2D eigenvalue weighted by Gasteiger charge is -2.48. The number of fused-ring (bicyclic) bond motifs is 3. The van der Waals surface area contributed by atoms with Crippen molar-refractivity contribution in [3.05, 3.63) is 71.8 Å². The van der Waals surface area contributed by atoms with Crippen LogP contribution in [-0.2, 0) is 36.3 Å². The Balaban J connectivity index is 0.000000145. The van der Waals surface area contributed by atoms with Gasteiger partial charge < -0.3 is 58.5 Å². The standard InChI is InChI=1S/C26H41N3O2.C22H39N3O2.C19H36N4O.C18H30N2.C17H33N3O2S.C16H32N2/c1-25(2,3)29-17-12-26(13-18-29)11-16-27(21-26)19-22-9-14-28(15-10-22)24(30)31-20-23-7-5-4-6-8-23;1-22(2,3)25-15-19-13-23(14-20(19)16-25)12-17-4-8-24(9-5-17)21(26)18-6-10-27-11-7-18;1-19(2,3)23-13-16-11-21(12-17(16)14-23)10-15-6-8-22(9-7-15)18(24)20(4)5;1-17(2,3)20-13-11-18(12-14-20,15-19(4)5)16-9-7-6-8-10-16;1-17(2,3)19-12-15-10-18(11-16(15)13-19)9-14-5-7-20(8-6-14)23(4,21)22;1-14(2)12-17-9-6-16(13-17)7-10-18(11-8-16)15(3,4)5/h4-8,22H,9-21H2,1-3H3;17-20H,4-16H2,1-3H3;15-17H,6-14H2,1-5H3;6-10H,11-15H2,1-5H3;14-16H,5-13H2,1-4H3;14H,6-13H2,1-5H3/t;19-,20+;16-,17+;;15-,16+;. The molecular formula is C118H211N17O7S. The van der Waals surface area contributed by atoms with Crippen LogP contribution in [0.4, 0.5) is 9.59 Å². The lowest BCUT2D eigenvalue weighted by molar-refractivity contribution is -0.140. The summed E-state index contributed by atoms with van der Waals surface area (Å²) in [6, 6.07) is 21.2. The maximum atomic E-state index is 12.7. The largest absolute Gasteiger partial charge is 0.445 e. The third-order valence-corrected chi connectivity index (χ3v) is 38.7. The van der Waals surface area contributed by atoms with Gasteiger partial charge in [-0.15, -0.1) is 0 Å². The SMILES string of the molecule is CC(C)(C)N1CCC2(CCN(CC3CCN(C(=O)OCc4ccccc4)CC3)C2)CC1.CC(C)(C)N1C[C@H]2CN(CC3CCN(C(=O)C4CCOCC4)CC3)C[C@H]2C1.CC(C)(C)N1C[C@H]2CN(CC3CCN(S(C)(=O)=O)CC3)C[C@H]2C1.CC(C)CN1CCC2(CCN(C(C)(C)C)CC2)C1.CN(C)C(=O)N1CCC(CN2C[C@@H]3CN(C(C)(C)C)C[C@@H]3C2)CC1.CN(C)CC1(c2ccccc2)CCN(C(C)(C)C)CC1. The van der Waals surface area contributed by atoms with E-state index in [4.69, 9.17) is 9.47 Å². The van der Waals surface area contributed by atoms with Gasteiger partial charge in [-0.25, -0.2) is 22.3 Å². The number of nitrogens with zero attached hydrogens (tertiary/aromatic N) is 17. The lowest BCUT2D eigenvalue weighted by Crippen LogP contribution is -2.52. The number of carbonyl (C=O) groups excluding carboxylic acids is 3. The molecule has 16 aliphatic heterocycles. The summed E-state index contributed by atoms with van der Waals surface area (Å²) in [7, 11) is 5.09. The number of piperidine rings is 7. The minimum atomic E-state index is -2.99. The average molecular weight is 2010 g/mol. The van der Waals surface area contributed by atoms with Gasteiger partial charge in [0.25, 0.3) is 0 Å². The van der Waals surface area contributed by atoms with E-state index < -0.39 is 10.0 Å². The number of benzene rings is 2. The Morgan fingerprint density at radius 2 is 0.706 bits per heavy atom. The van der Waals surface area contributed by atoms with Crippen molar-refractivity contribution in [1.82, 2.24) is 82.7 Å². The lowest BCUT2D eigenvalue weighted by atomic mass is 9.72. The second-order valence-corrected chi connectivity index (χ2v) is 57.5. The molecule has 4 amide bonds. The quantitative estimate of drug-likeness (QED) is 0.147. The van der Waals surface area contributed by atoms with Gasteiger partial charge in [0.2, 0.25) is 15.9 Å². The highest BCUT2D eigenvalue weighted by molar-refractivity contribution is 7.88. The predicted octanol–water partition coefficient (Wildman–Crippen LogP) is 16.9. The Kier molecular flexibility index (Phi) is 40.7. The Labute approximate surface area is 873 Å². The first-order valence-corrected chi connectivity index (χ1v) is 59.6. The normalized spacial score (nSPS) is 27.6. The monoisotopic (exact) mass is 2010 g/mol. The minimum Gasteiger partial charge on any atom is -0.445 e. The number of hydrogen-bond donors (Lipinski definition) is 0. The van der Waals surface area contributed by atoms with E-state index in [2.05, 4.69) is 247 Å². The highest BCUT2D eigenvalue weighted by Crippen LogP contribution is 2.47. The highest BCUT2D eigenvalue weighted by Gasteiger charge is 2.50. The van der Waals surface area contributed by atoms with Gasteiger partial charge in [-0.05, 0) is 394 Å². The Bertz CT molecular complexity index is 4230. The van der Waals surface area contributed by atoms with Gasteiger partial charge in [-0.3, -0.25) is 34.2 Å². The Morgan fingerprint density at radius 1 is 0.385 bits per heavy atom. The van der Waals surface area contributed by atoms with E-state index in [1.807, 2.05) is 54.2 Å². The van der Waals surface area contributed by atoms with E-state index >= 15 is 0 Å². The van der Waals surface area contributed by atoms with E-state index in [-0.39, 0.29) is 18.0 Å². The molecule has 0 aliphatic carbocycles. The second-order valence-electron chi connectivity index (χ2n) is 55.5. The van der Waals surface area contributed by atoms with Crippen LogP contribution in [0.25, 0.3) is 0 Å². The first-order chi connectivity index (χ1) is 67.2. The summed E-state index contributed by atoms with van der Waals surface area (Å²) in [5.74, 6) is 9.54. The molecule has 143 heavy (non-hydrogen) atoms. The van der Waals surface area contributed by atoms with Crippen LogP contribution in [0.15, 0.2) is 60.7 Å². The zero-order valence-corrected chi connectivity index (χ0v) is 96.7. The summed E-state index contributed by atoms with van der Waals surface area (Å²) in [5.41, 5.74) is 6.00. The van der Waals surface area contributed by atoms with Crippen molar-refractivity contribution in [2.24, 2.45) is 81.8 Å². The van der Waals surface area contributed by atoms with Gasteiger partial charge in [0.05, 0.1) is 6.26 Å². The van der Waals surface area contributed by atoms with Crippen molar-refractivity contribution in [3.8, 4) is 0 Å². The molecule has 24 nitrogen and oxygen atoms in total. The van der Waals surface area contributed by atoms with Crippen molar-refractivity contribution < 1.29 is 32.3 Å². The van der Waals surface area contributed by atoms with Crippen LogP contribution in [0.5, 0.6) is 0 Å². The van der Waals surface area contributed by atoms with Crippen LogP contribution in [0.3, 0.4) is 0 Å². The van der Waals surface area contributed by atoms with E-state index in [1.54, 1.807) is 9.21 Å². The summed E-state index contributed by atoms with van der Waals surface area (Å²) in [6.07, 6.45) is 22.8. The summed E-state index contributed by atoms with van der Waals surface area (Å²) in [6.45, 7) is 90.9. The van der Waals surface area contributed by atoms with Crippen molar-refractivity contribution in [3.63, 3.8) is 0 Å². The molecule has 16 aliphatic rings. The summed E-state index contributed by atoms with van der Waals surface area (Å²) in [4.78, 5) is 76.7. The van der Waals surface area contributed by atoms with Crippen LogP contribution in [0.1, 0.15) is 265 Å². The molecule has 25 heteroatoms. The summed E-state index contributed by atoms with van der Waals surface area (Å²) >= 11 is 0. The fourth-order valence-corrected chi connectivity index (χ4v) is 28.9. The van der Waals surface area contributed by atoms with Crippen molar-refractivity contribution >= 4 is 28.1 Å². The number of likely N-dealkylation sites (N-methyl/N-ethyl adjacent to an activating group) is 1. The van der Waals surface area contributed by atoms with Gasteiger partial charge in [0, 0.05) is 255 Å². The third kappa shape index (κ3) is 33.4. The van der Waals surface area contributed by atoms with Gasteiger partial charge in [-0.1, -0.05) is 74.5 Å². The van der Waals surface area contributed by atoms with E-state index in [0.717, 1.165) is 156 Å². The maximum absolute atomic E-state index is 12.7. The number of ether oxygens (including phenoxy) is 2. The maximum Gasteiger partial charge on any atom is 0.410 e. The van der Waals surface area contributed by atoms with Crippen molar-refractivity contribution in [2.45, 2.75) is 299 Å². The van der Waals surface area contributed by atoms with Gasteiger partial charge in [0.15, 0.2) is 0 Å². The van der Waals surface area contributed by atoms with Crippen molar-refractivity contribution in [2.75, 3.05) is 283 Å². The summed E-state index contributed by atoms with van der Waals surface area (Å²) < 4.78 is 35.7. The third-order valence-electron chi connectivity index (χ3n) is 37.4. The Morgan fingerprint density at radius 3 is 1.06 bits per heavy atom. The molecule has 0 aromatic heterocycles. The number of likely N-dealkylation sites (tertiary alicyclic amines) is 14.